The second-order valence-corrected chi connectivity index (χ2v) is 3.91. The van der Waals surface area contributed by atoms with Crippen molar-refractivity contribution in [1.29, 1.82) is 0 Å². The number of morpholine rings is 1. The van der Waals surface area contributed by atoms with E-state index < -0.39 is 17.7 Å². The number of ether oxygens (including phenoxy) is 1. The number of nitrogens with one attached hydrogen (secondary N) is 1. The first-order valence-electron chi connectivity index (χ1n) is 5.31. The molecule has 1 atom stereocenters. The molecule has 2 heterocycles. The molecule has 90 valence electrons. The highest BCUT2D eigenvalue weighted by atomic mass is 19.1. The molecule has 0 spiro atoms. The molecular weight excluding hydrogens is 230 g/mol. The zero-order valence-corrected chi connectivity index (χ0v) is 8.87. The van der Waals surface area contributed by atoms with E-state index in [0.717, 1.165) is 6.07 Å². The second kappa shape index (κ2) is 4.05. The summed E-state index contributed by atoms with van der Waals surface area (Å²) >= 11 is 0. The van der Waals surface area contributed by atoms with Gasteiger partial charge in [-0.1, -0.05) is 5.16 Å². The van der Waals surface area contributed by atoms with Crippen LogP contribution in [0.5, 0.6) is 0 Å². The van der Waals surface area contributed by atoms with Crippen molar-refractivity contribution in [2.45, 2.75) is 6.04 Å². The van der Waals surface area contributed by atoms with Crippen molar-refractivity contribution in [3.63, 3.8) is 0 Å². The Labute approximate surface area is 95.5 Å². The molecule has 0 saturated carbocycles. The summed E-state index contributed by atoms with van der Waals surface area (Å²) in [5, 5.41) is 6.66. The van der Waals surface area contributed by atoms with Gasteiger partial charge in [0.15, 0.2) is 5.58 Å². The molecule has 1 saturated heterocycles. The molecule has 1 aliphatic heterocycles. The van der Waals surface area contributed by atoms with Gasteiger partial charge >= 0.3 is 0 Å². The smallest absolute Gasteiger partial charge is 0.172 e. The van der Waals surface area contributed by atoms with Gasteiger partial charge in [-0.3, -0.25) is 0 Å². The minimum atomic E-state index is -0.644. The van der Waals surface area contributed by atoms with Gasteiger partial charge in [-0.15, -0.1) is 0 Å². The van der Waals surface area contributed by atoms with Gasteiger partial charge in [0.05, 0.1) is 30.8 Å². The standard InChI is InChI=1S/C11H10F2N2O2/c12-7-3-9-6(4-15-17-9)11(13)10(7)8-5-16-2-1-14-8/h3-4,8,14H,1-2,5H2. The van der Waals surface area contributed by atoms with Crippen LogP contribution >= 0.6 is 0 Å². The van der Waals surface area contributed by atoms with E-state index >= 15 is 0 Å². The van der Waals surface area contributed by atoms with Crippen LogP contribution in [-0.4, -0.2) is 24.9 Å². The molecule has 1 aromatic heterocycles. The minimum Gasteiger partial charge on any atom is -0.378 e. The summed E-state index contributed by atoms with van der Waals surface area (Å²) in [5.74, 6) is -1.28. The fourth-order valence-corrected chi connectivity index (χ4v) is 2.03. The Morgan fingerprint density at radius 2 is 2.29 bits per heavy atom. The Balaban J connectivity index is 2.13. The van der Waals surface area contributed by atoms with Crippen LogP contribution in [-0.2, 0) is 4.74 Å². The Kier molecular flexibility index (Phi) is 2.53. The van der Waals surface area contributed by atoms with Crippen LogP contribution in [0.15, 0.2) is 16.8 Å². The zero-order valence-electron chi connectivity index (χ0n) is 8.87. The lowest BCUT2D eigenvalue weighted by molar-refractivity contribution is 0.0746. The van der Waals surface area contributed by atoms with Crippen molar-refractivity contribution in [3.05, 3.63) is 29.5 Å². The maximum absolute atomic E-state index is 14.1. The van der Waals surface area contributed by atoms with Crippen LogP contribution in [0.4, 0.5) is 8.78 Å². The quantitative estimate of drug-likeness (QED) is 0.825. The highest BCUT2D eigenvalue weighted by Crippen LogP contribution is 2.29. The fourth-order valence-electron chi connectivity index (χ4n) is 2.03. The third-order valence-corrected chi connectivity index (χ3v) is 2.86. The number of fused-ring (bicyclic) bond motifs is 1. The van der Waals surface area contributed by atoms with Gasteiger partial charge in [0, 0.05) is 18.2 Å². The summed E-state index contributed by atoms with van der Waals surface area (Å²) in [5.41, 5.74) is 0.0980. The van der Waals surface area contributed by atoms with E-state index in [0.29, 0.717) is 13.2 Å². The third kappa shape index (κ3) is 1.69. The number of hydrogen-bond donors (Lipinski definition) is 1. The van der Waals surface area contributed by atoms with Crippen molar-refractivity contribution in [1.82, 2.24) is 10.5 Å². The molecule has 0 aliphatic carbocycles. The summed E-state index contributed by atoms with van der Waals surface area (Å²) in [6.07, 6.45) is 1.25. The first kappa shape index (κ1) is 10.6. The maximum Gasteiger partial charge on any atom is 0.172 e. The molecule has 1 aliphatic rings. The molecule has 1 fully saturated rings. The van der Waals surface area contributed by atoms with E-state index in [4.69, 9.17) is 9.26 Å². The van der Waals surface area contributed by atoms with Crippen molar-refractivity contribution in [2.24, 2.45) is 0 Å². The van der Waals surface area contributed by atoms with Crippen LogP contribution in [0.25, 0.3) is 11.0 Å². The van der Waals surface area contributed by atoms with E-state index in [-0.39, 0.29) is 23.1 Å². The Morgan fingerprint density at radius 3 is 3.06 bits per heavy atom. The predicted molar refractivity (Wildman–Crippen MR) is 55.5 cm³/mol. The molecular formula is C11H10F2N2O2. The number of nitrogens with zero attached hydrogens (tertiary/aromatic N) is 1. The van der Waals surface area contributed by atoms with Crippen molar-refractivity contribution in [2.75, 3.05) is 19.8 Å². The summed E-state index contributed by atoms with van der Waals surface area (Å²) in [7, 11) is 0. The predicted octanol–water partition coefficient (Wildman–Crippen LogP) is 1.77. The van der Waals surface area contributed by atoms with Gasteiger partial charge in [-0.05, 0) is 0 Å². The highest BCUT2D eigenvalue weighted by molar-refractivity contribution is 5.77. The van der Waals surface area contributed by atoms with Crippen LogP contribution in [0.3, 0.4) is 0 Å². The molecule has 6 heteroatoms. The third-order valence-electron chi connectivity index (χ3n) is 2.86. The molecule has 17 heavy (non-hydrogen) atoms. The molecule has 2 aromatic rings. The Morgan fingerprint density at radius 1 is 1.41 bits per heavy atom. The fraction of sp³-hybridized carbons (Fsp3) is 0.364. The van der Waals surface area contributed by atoms with Gasteiger partial charge in [0.1, 0.15) is 11.6 Å². The van der Waals surface area contributed by atoms with Crippen molar-refractivity contribution < 1.29 is 18.0 Å². The van der Waals surface area contributed by atoms with Gasteiger partial charge in [-0.25, -0.2) is 8.78 Å². The normalized spacial score (nSPS) is 20.9. The number of hydrogen-bond acceptors (Lipinski definition) is 4. The molecule has 1 N–H and O–H groups in total. The molecule has 4 nitrogen and oxygen atoms in total. The van der Waals surface area contributed by atoms with Gasteiger partial charge in [0.25, 0.3) is 0 Å². The molecule has 1 unspecified atom stereocenters. The molecule has 1 aromatic carbocycles. The zero-order chi connectivity index (χ0) is 11.8. The van der Waals surface area contributed by atoms with E-state index in [9.17, 15) is 8.78 Å². The van der Waals surface area contributed by atoms with Crippen LogP contribution in [0.1, 0.15) is 11.6 Å². The minimum absolute atomic E-state index is 0.0135. The van der Waals surface area contributed by atoms with Crippen LogP contribution in [0, 0.1) is 11.6 Å². The van der Waals surface area contributed by atoms with Crippen molar-refractivity contribution >= 4 is 11.0 Å². The number of halogens is 2. The summed E-state index contributed by atoms with van der Waals surface area (Å²) in [6, 6.07) is 0.680. The van der Waals surface area contributed by atoms with E-state index in [1.807, 2.05) is 0 Å². The van der Waals surface area contributed by atoms with Gasteiger partial charge in [0.2, 0.25) is 0 Å². The molecule has 0 radical (unpaired) electrons. The summed E-state index contributed by atoms with van der Waals surface area (Å²) in [4.78, 5) is 0. The highest BCUT2D eigenvalue weighted by Gasteiger charge is 2.25. The number of benzene rings is 1. The number of rotatable bonds is 1. The maximum atomic E-state index is 14.1. The molecule has 3 rings (SSSR count). The van der Waals surface area contributed by atoms with E-state index in [1.54, 1.807) is 0 Å². The van der Waals surface area contributed by atoms with Crippen LogP contribution in [0.2, 0.25) is 0 Å². The van der Waals surface area contributed by atoms with Crippen molar-refractivity contribution in [3.8, 4) is 0 Å². The van der Waals surface area contributed by atoms with Gasteiger partial charge < -0.3 is 14.6 Å². The monoisotopic (exact) mass is 240 g/mol. The SMILES string of the molecule is Fc1cc2oncc2c(F)c1C1COCCN1. The average molecular weight is 240 g/mol. The Hall–Kier alpha value is -1.53. The molecule has 0 bridgehead atoms. The lowest BCUT2D eigenvalue weighted by Gasteiger charge is -2.24. The van der Waals surface area contributed by atoms with E-state index in [1.165, 1.54) is 6.20 Å². The van der Waals surface area contributed by atoms with Crippen LogP contribution < -0.4 is 5.32 Å². The number of aromatic nitrogens is 1. The molecule has 0 amide bonds. The first-order chi connectivity index (χ1) is 8.27. The van der Waals surface area contributed by atoms with E-state index in [2.05, 4.69) is 10.5 Å². The lowest BCUT2D eigenvalue weighted by Crippen LogP contribution is -2.35. The largest absolute Gasteiger partial charge is 0.378 e. The first-order valence-corrected chi connectivity index (χ1v) is 5.31. The lowest BCUT2D eigenvalue weighted by atomic mass is 10.0. The average Bonchev–Trinajstić information content (AvgIpc) is 2.78. The Bertz CT molecular complexity index is 550. The topological polar surface area (TPSA) is 47.3 Å². The summed E-state index contributed by atoms with van der Waals surface area (Å²) < 4.78 is 37.9. The summed E-state index contributed by atoms with van der Waals surface area (Å²) in [6.45, 7) is 1.38. The van der Waals surface area contributed by atoms with Gasteiger partial charge in [-0.2, -0.15) is 0 Å². The second-order valence-electron chi connectivity index (χ2n) is 3.91.